The number of hydrogen-bond acceptors (Lipinski definition) is 4. The first-order valence-corrected chi connectivity index (χ1v) is 8.85. The molecule has 1 aliphatic carbocycles. The monoisotopic (exact) mass is 328 g/mol. The van der Waals surface area contributed by atoms with Crippen molar-refractivity contribution in [3.05, 3.63) is 41.9 Å². The molecule has 1 fully saturated rings. The van der Waals surface area contributed by atoms with Gasteiger partial charge < -0.3 is 14.3 Å². The largest absolute Gasteiger partial charge is 0.467 e. The van der Waals surface area contributed by atoms with Gasteiger partial charge in [-0.1, -0.05) is 0 Å². The Hall–Kier alpha value is -2.08. The number of amides is 1. The maximum atomic E-state index is 12.1. The number of fused-ring (bicyclic) bond motifs is 1. The Morgan fingerprint density at radius 3 is 3.17 bits per heavy atom. The van der Waals surface area contributed by atoms with Crippen molar-refractivity contribution >= 4 is 5.91 Å². The Morgan fingerprint density at radius 1 is 1.38 bits per heavy atom. The molecule has 128 valence electrons. The van der Waals surface area contributed by atoms with Crippen LogP contribution in [0.3, 0.4) is 0 Å². The van der Waals surface area contributed by atoms with Crippen LogP contribution in [0.4, 0.5) is 0 Å². The fraction of sp³-hybridized carbons (Fsp3) is 0.556. The lowest BCUT2D eigenvalue weighted by Gasteiger charge is -2.20. The summed E-state index contributed by atoms with van der Waals surface area (Å²) < 4.78 is 7.60. The number of aromatic nitrogens is 2. The van der Waals surface area contributed by atoms with E-state index in [4.69, 9.17) is 4.42 Å². The molecular weight excluding hydrogens is 304 g/mol. The number of imidazole rings is 1. The van der Waals surface area contributed by atoms with Crippen molar-refractivity contribution in [2.24, 2.45) is 0 Å². The summed E-state index contributed by atoms with van der Waals surface area (Å²) in [4.78, 5) is 18.9. The van der Waals surface area contributed by atoms with Crippen molar-refractivity contribution in [2.75, 3.05) is 19.6 Å². The predicted octanol–water partition coefficient (Wildman–Crippen LogP) is 1.92. The maximum absolute atomic E-state index is 12.1. The van der Waals surface area contributed by atoms with Gasteiger partial charge in [-0.3, -0.25) is 9.69 Å². The molecule has 0 saturated carbocycles. The molecule has 0 radical (unpaired) electrons. The van der Waals surface area contributed by atoms with E-state index in [0.29, 0.717) is 19.1 Å². The fourth-order valence-electron chi connectivity index (χ4n) is 3.85. The highest BCUT2D eigenvalue weighted by molar-refractivity contribution is 5.77. The van der Waals surface area contributed by atoms with Gasteiger partial charge in [0.05, 0.1) is 31.4 Å². The maximum Gasteiger partial charge on any atom is 0.234 e. The predicted molar refractivity (Wildman–Crippen MR) is 89.5 cm³/mol. The summed E-state index contributed by atoms with van der Waals surface area (Å²) in [5, 5.41) is 2.92. The van der Waals surface area contributed by atoms with E-state index in [1.54, 1.807) is 6.26 Å². The van der Waals surface area contributed by atoms with Crippen LogP contribution in [-0.4, -0.2) is 40.0 Å². The molecule has 3 heterocycles. The van der Waals surface area contributed by atoms with Crippen molar-refractivity contribution in [2.45, 2.75) is 44.7 Å². The molecule has 0 bridgehead atoms. The number of hydrogen-bond donors (Lipinski definition) is 1. The van der Waals surface area contributed by atoms with Gasteiger partial charge in [-0.05, 0) is 44.2 Å². The third-order valence-electron chi connectivity index (χ3n) is 5.11. The van der Waals surface area contributed by atoms with Crippen LogP contribution in [0.25, 0.3) is 0 Å². The Morgan fingerprint density at radius 2 is 2.29 bits per heavy atom. The first-order valence-electron chi connectivity index (χ1n) is 8.85. The van der Waals surface area contributed by atoms with Crippen LogP contribution in [0.2, 0.25) is 0 Å². The molecule has 2 aliphatic rings. The summed E-state index contributed by atoms with van der Waals surface area (Å²) in [6.07, 6.45) is 9.53. The number of aryl methyl sites for hydroxylation is 1. The first-order chi connectivity index (χ1) is 11.8. The van der Waals surface area contributed by atoms with Gasteiger partial charge >= 0.3 is 0 Å². The standard InChI is InChI=1S/C18H24N4O2/c23-18(19-10-15-4-3-9-24-15)12-21-8-7-14(11-21)22-13-20-16-5-1-2-6-17(16)22/h3-4,9,13-14H,1-2,5-8,10-12H2,(H,19,23). The molecule has 1 amide bonds. The summed E-state index contributed by atoms with van der Waals surface area (Å²) in [6, 6.07) is 4.16. The molecule has 2 aromatic rings. The smallest absolute Gasteiger partial charge is 0.234 e. The van der Waals surface area contributed by atoms with E-state index in [0.717, 1.165) is 38.1 Å². The number of likely N-dealkylation sites (tertiary alicyclic amines) is 1. The molecule has 1 unspecified atom stereocenters. The highest BCUT2D eigenvalue weighted by atomic mass is 16.3. The third-order valence-corrected chi connectivity index (χ3v) is 5.11. The number of rotatable bonds is 5. The fourth-order valence-corrected chi connectivity index (χ4v) is 3.85. The van der Waals surface area contributed by atoms with Crippen LogP contribution in [-0.2, 0) is 24.2 Å². The molecular formula is C18H24N4O2. The number of nitrogens with one attached hydrogen (secondary N) is 1. The van der Waals surface area contributed by atoms with Crippen LogP contribution in [0.1, 0.15) is 42.5 Å². The second kappa shape index (κ2) is 6.81. The van der Waals surface area contributed by atoms with Crippen LogP contribution in [0.15, 0.2) is 29.1 Å². The molecule has 6 nitrogen and oxygen atoms in total. The minimum absolute atomic E-state index is 0.0553. The van der Waals surface area contributed by atoms with Gasteiger partial charge in [0.25, 0.3) is 0 Å². The van der Waals surface area contributed by atoms with Crippen LogP contribution < -0.4 is 5.32 Å². The van der Waals surface area contributed by atoms with Gasteiger partial charge in [-0.25, -0.2) is 4.98 Å². The lowest BCUT2D eigenvalue weighted by molar-refractivity contribution is -0.122. The molecule has 1 saturated heterocycles. The van der Waals surface area contributed by atoms with Crippen LogP contribution in [0, 0.1) is 0 Å². The molecule has 4 rings (SSSR count). The minimum Gasteiger partial charge on any atom is -0.467 e. The number of furan rings is 1. The minimum atomic E-state index is 0.0553. The van der Waals surface area contributed by atoms with Gasteiger partial charge in [0.15, 0.2) is 0 Å². The van der Waals surface area contributed by atoms with Gasteiger partial charge in [-0.15, -0.1) is 0 Å². The molecule has 24 heavy (non-hydrogen) atoms. The van der Waals surface area contributed by atoms with Gasteiger partial charge in [0.1, 0.15) is 5.76 Å². The zero-order valence-electron chi connectivity index (χ0n) is 13.9. The quantitative estimate of drug-likeness (QED) is 0.911. The Kier molecular flexibility index (Phi) is 4.38. The van der Waals surface area contributed by atoms with Gasteiger partial charge in [-0.2, -0.15) is 0 Å². The average molecular weight is 328 g/mol. The number of carbonyl (C=O) groups is 1. The topological polar surface area (TPSA) is 63.3 Å². The number of carbonyl (C=O) groups excluding carboxylic acids is 1. The van der Waals surface area contributed by atoms with E-state index in [-0.39, 0.29) is 5.91 Å². The second-order valence-electron chi connectivity index (χ2n) is 6.79. The number of nitrogens with zero attached hydrogens (tertiary/aromatic N) is 3. The molecule has 1 atom stereocenters. The zero-order chi connectivity index (χ0) is 16.4. The van der Waals surface area contributed by atoms with Crippen molar-refractivity contribution < 1.29 is 9.21 Å². The van der Waals surface area contributed by atoms with Crippen LogP contribution >= 0.6 is 0 Å². The Balaban J connectivity index is 1.30. The molecule has 1 N–H and O–H groups in total. The van der Waals surface area contributed by atoms with Crippen molar-refractivity contribution in [3.8, 4) is 0 Å². The van der Waals surface area contributed by atoms with Crippen molar-refractivity contribution in [3.63, 3.8) is 0 Å². The van der Waals surface area contributed by atoms with E-state index in [1.165, 1.54) is 24.2 Å². The normalized spacial score (nSPS) is 20.9. The summed E-state index contributed by atoms with van der Waals surface area (Å²) in [5.41, 5.74) is 2.71. The van der Waals surface area contributed by atoms with E-state index >= 15 is 0 Å². The highest BCUT2D eigenvalue weighted by Crippen LogP contribution is 2.28. The SMILES string of the molecule is O=C(CN1CCC(n2cnc3c2CCCC3)C1)NCc1ccco1. The molecule has 6 heteroatoms. The first kappa shape index (κ1) is 15.4. The molecule has 1 aliphatic heterocycles. The summed E-state index contributed by atoms with van der Waals surface area (Å²) >= 11 is 0. The average Bonchev–Trinajstić information content (AvgIpc) is 3.33. The Bertz CT molecular complexity index is 692. The van der Waals surface area contributed by atoms with E-state index < -0.39 is 0 Å². The molecule has 2 aromatic heterocycles. The third kappa shape index (κ3) is 3.24. The molecule has 0 spiro atoms. The molecule has 0 aromatic carbocycles. The lowest BCUT2D eigenvalue weighted by Crippen LogP contribution is -2.35. The van der Waals surface area contributed by atoms with E-state index in [1.807, 2.05) is 18.5 Å². The van der Waals surface area contributed by atoms with Crippen molar-refractivity contribution in [1.29, 1.82) is 0 Å². The zero-order valence-corrected chi connectivity index (χ0v) is 13.9. The second-order valence-corrected chi connectivity index (χ2v) is 6.79. The van der Waals surface area contributed by atoms with E-state index in [9.17, 15) is 4.79 Å². The summed E-state index contributed by atoms with van der Waals surface area (Å²) in [7, 11) is 0. The van der Waals surface area contributed by atoms with Gasteiger partial charge in [0, 0.05) is 24.8 Å². The van der Waals surface area contributed by atoms with E-state index in [2.05, 4.69) is 19.8 Å². The summed E-state index contributed by atoms with van der Waals surface area (Å²) in [5.74, 6) is 0.840. The Labute approximate surface area is 141 Å². The van der Waals surface area contributed by atoms with Crippen molar-refractivity contribution in [1.82, 2.24) is 19.8 Å². The lowest BCUT2D eigenvalue weighted by atomic mass is 10.0. The van der Waals surface area contributed by atoms with Gasteiger partial charge in [0.2, 0.25) is 5.91 Å². The van der Waals surface area contributed by atoms with Crippen LogP contribution in [0.5, 0.6) is 0 Å². The highest BCUT2D eigenvalue weighted by Gasteiger charge is 2.28. The summed E-state index contributed by atoms with van der Waals surface area (Å²) in [6.45, 7) is 2.80.